The maximum atomic E-state index is 13.3. The van der Waals surface area contributed by atoms with Gasteiger partial charge in [-0.25, -0.2) is 9.97 Å². The summed E-state index contributed by atoms with van der Waals surface area (Å²) < 4.78 is 6.31. The van der Waals surface area contributed by atoms with Crippen molar-refractivity contribution < 1.29 is 14.6 Å². The topological polar surface area (TPSA) is 99.6 Å². The average Bonchev–Trinajstić information content (AvgIpc) is 3.34. The van der Waals surface area contributed by atoms with Crippen molar-refractivity contribution in [3.63, 3.8) is 0 Å². The molecule has 8 nitrogen and oxygen atoms in total. The molecule has 1 aliphatic heterocycles. The maximum absolute atomic E-state index is 13.3. The van der Waals surface area contributed by atoms with Crippen LogP contribution in [0.4, 0.5) is 11.5 Å². The van der Waals surface area contributed by atoms with Crippen molar-refractivity contribution in [1.29, 1.82) is 0 Å². The number of fused-ring (bicyclic) bond motifs is 1. The van der Waals surface area contributed by atoms with Gasteiger partial charge in [0.25, 0.3) is 0 Å². The molecule has 2 heterocycles. The zero-order valence-electron chi connectivity index (χ0n) is 19.5. The Morgan fingerprint density at radius 1 is 1.26 bits per heavy atom. The zero-order valence-corrected chi connectivity index (χ0v) is 20.2. The Kier molecular flexibility index (Phi) is 7.50. The summed E-state index contributed by atoms with van der Waals surface area (Å²) in [6, 6.07) is 10.5. The number of carbonyl (C=O) groups excluding carboxylic acids is 1. The molecule has 0 saturated carbocycles. The summed E-state index contributed by atoms with van der Waals surface area (Å²) in [4.78, 5) is 24.2. The van der Waals surface area contributed by atoms with Crippen molar-refractivity contribution >= 4 is 39.8 Å². The fourth-order valence-electron chi connectivity index (χ4n) is 4.27. The molecule has 0 spiro atoms. The van der Waals surface area contributed by atoms with E-state index in [2.05, 4.69) is 39.3 Å². The second-order valence-corrected chi connectivity index (χ2v) is 8.86. The number of hydrogen-bond acceptors (Lipinski definition) is 8. The third kappa shape index (κ3) is 5.09. The Labute approximate surface area is 204 Å². The van der Waals surface area contributed by atoms with Gasteiger partial charge < -0.3 is 20.5 Å². The number of ether oxygens (including phenoxy) is 1. The number of aromatic nitrogens is 2. The Balaban J connectivity index is 1.61. The number of hydrogen-bond donors (Lipinski definition) is 3. The second-order valence-electron chi connectivity index (χ2n) is 8.45. The third-order valence-corrected chi connectivity index (χ3v) is 6.65. The van der Waals surface area contributed by atoms with Crippen molar-refractivity contribution in [3.05, 3.63) is 47.7 Å². The molecule has 0 unspecified atom stereocenters. The van der Waals surface area contributed by atoms with E-state index in [0.29, 0.717) is 34.7 Å². The summed E-state index contributed by atoms with van der Waals surface area (Å²) >= 11 is 6.06. The number of carbonyl (C=O) groups is 1. The standard InChI is InChI=1S/C25H30ClN5O3/c1-3-31(4-2)14-22(33)25(11-6-12-29-25)15-34-21-8-5-7-19-23(21)24(28-16-27-19)30-17-9-10-20(32)18(26)13-17/h5,7-10,13,16,29,32H,3-4,6,11-12,14-15H2,1-2H3,(H,27,28,30)/t25-/m1/s1. The highest BCUT2D eigenvalue weighted by Crippen LogP contribution is 2.34. The quantitative estimate of drug-likeness (QED) is 0.370. The minimum absolute atomic E-state index is 0.00697. The lowest BCUT2D eigenvalue weighted by molar-refractivity contribution is -0.127. The van der Waals surface area contributed by atoms with Gasteiger partial charge in [-0.3, -0.25) is 9.69 Å². The molecule has 1 fully saturated rings. The fourth-order valence-corrected chi connectivity index (χ4v) is 4.45. The number of phenols is 1. The Morgan fingerprint density at radius 3 is 2.79 bits per heavy atom. The van der Waals surface area contributed by atoms with Crippen LogP contribution in [0.5, 0.6) is 11.5 Å². The highest BCUT2D eigenvalue weighted by atomic mass is 35.5. The number of ketones is 1. The van der Waals surface area contributed by atoms with Crippen LogP contribution < -0.4 is 15.4 Å². The summed E-state index contributed by atoms with van der Waals surface area (Å²) in [5.41, 5.74) is 0.669. The van der Waals surface area contributed by atoms with Crippen molar-refractivity contribution in [1.82, 2.24) is 20.2 Å². The molecule has 3 N–H and O–H groups in total. The van der Waals surface area contributed by atoms with Crippen molar-refractivity contribution in [2.75, 3.05) is 38.1 Å². The van der Waals surface area contributed by atoms with Gasteiger partial charge in [0, 0.05) is 5.69 Å². The maximum Gasteiger partial charge on any atom is 0.170 e. The molecule has 0 radical (unpaired) electrons. The highest BCUT2D eigenvalue weighted by molar-refractivity contribution is 6.32. The number of halogens is 1. The molecule has 0 amide bonds. The Hall–Kier alpha value is -2.94. The van der Waals surface area contributed by atoms with E-state index in [4.69, 9.17) is 16.3 Å². The van der Waals surface area contributed by atoms with E-state index in [0.717, 1.165) is 32.5 Å². The van der Waals surface area contributed by atoms with E-state index in [1.165, 1.54) is 12.4 Å². The van der Waals surface area contributed by atoms with E-state index in [1.54, 1.807) is 12.1 Å². The van der Waals surface area contributed by atoms with Gasteiger partial charge in [-0.15, -0.1) is 0 Å². The van der Waals surface area contributed by atoms with Gasteiger partial charge in [-0.2, -0.15) is 0 Å². The van der Waals surface area contributed by atoms with Crippen LogP contribution in [0.2, 0.25) is 5.02 Å². The molecule has 180 valence electrons. The largest absolute Gasteiger partial charge is 0.506 e. The van der Waals surface area contributed by atoms with Gasteiger partial charge in [0.15, 0.2) is 5.78 Å². The number of phenolic OH excluding ortho intramolecular Hbond substituents is 1. The van der Waals surface area contributed by atoms with E-state index >= 15 is 0 Å². The minimum atomic E-state index is -0.710. The fraction of sp³-hybridized carbons (Fsp3) is 0.400. The SMILES string of the molecule is CCN(CC)CC(=O)[C@]1(COc2cccc3ncnc(Nc4ccc(O)c(Cl)c4)c23)CCCN1. The van der Waals surface area contributed by atoms with E-state index in [9.17, 15) is 9.90 Å². The summed E-state index contributed by atoms with van der Waals surface area (Å²) in [5, 5.41) is 17.3. The van der Waals surface area contributed by atoms with Crippen LogP contribution in [-0.4, -0.2) is 64.1 Å². The molecule has 1 aliphatic rings. The van der Waals surface area contributed by atoms with Crippen LogP contribution in [0.15, 0.2) is 42.7 Å². The molecule has 2 aromatic carbocycles. The third-order valence-electron chi connectivity index (χ3n) is 6.35. The van der Waals surface area contributed by atoms with Gasteiger partial charge in [0.05, 0.1) is 22.5 Å². The monoisotopic (exact) mass is 483 g/mol. The Bertz CT molecular complexity index is 1160. The first-order valence-corrected chi connectivity index (χ1v) is 12.0. The molecule has 1 atom stereocenters. The summed E-state index contributed by atoms with van der Waals surface area (Å²) in [7, 11) is 0. The second kappa shape index (κ2) is 10.5. The molecule has 3 aromatic rings. The van der Waals surface area contributed by atoms with Crippen LogP contribution in [-0.2, 0) is 4.79 Å². The first kappa shape index (κ1) is 24.2. The number of aromatic hydroxyl groups is 1. The molecule has 9 heteroatoms. The summed E-state index contributed by atoms with van der Waals surface area (Å²) in [6.45, 7) is 7.20. The molecule has 4 rings (SSSR count). The van der Waals surface area contributed by atoms with Gasteiger partial charge in [0.1, 0.15) is 35.8 Å². The van der Waals surface area contributed by atoms with Crippen LogP contribution in [0.25, 0.3) is 10.9 Å². The summed E-state index contributed by atoms with van der Waals surface area (Å²) in [5.74, 6) is 1.30. The molecule has 1 aromatic heterocycles. The number of rotatable bonds is 10. The lowest BCUT2D eigenvalue weighted by Gasteiger charge is -2.30. The van der Waals surface area contributed by atoms with Gasteiger partial charge in [0.2, 0.25) is 0 Å². The molecule has 34 heavy (non-hydrogen) atoms. The number of likely N-dealkylation sites (N-methyl/N-ethyl adjacent to an activating group) is 1. The van der Waals surface area contributed by atoms with Gasteiger partial charge in [-0.1, -0.05) is 31.5 Å². The van der Waals surface area contributed by atoms with Gasteiger partial charge in [-0.05, 0) is 62.8 Å². The molecule has 1 saturated heterocycles. The number of benzene rings is 2. The molecule has 0 bridgehead atoms. The van der Waals surface area contributed by atoms with Crippen LogP contribution in [0.3, 0.4) is 0 Å². The van der Waals surface area contributed by atoms with Crippen molar-refractivity contribution in [2.45, 2.75) is 32.2 Å². The van der Waals surface area contributed by atoms with E-state index in [1.807, 2.05) is 18.2 Å². The molecular weight excluding hydrogens is 454 g/mol. The normalized spacial score (nSPS) is 17.9. The average molecular weight is 484 g/mol. The number of nitrogens with one attached hydrogen (secondary N) is 2. The van der Waals surface area contributed by atoms with Gasteiger partial charge >= 0.3 is 0 Å². The first-order chi connectivity index (χ1) is 16.5. The number of nitrogens with zero attached hydrogens (tertiary/aromatic N) is 3. The predicted octanol–water partition coefficient (Wildman–Crippen LogP) is 4.14. The smallest absolute Gasteiger partial charge is 0.170 e. The first-order valence-electron chi connectivity index (χ1n) is 11.6. The lowest BCUT2D eigenvalue weighted by atomic mass is 9.92. The zero-order chi connectivity index (χ0) is 24.1. The van der Waals surface area contributed by atoms with Crippen LogP contribution in [0, 0.1) is 0 Å². The van der Waals surface area contributed by atoms with Crippen molar-refractivity contribution in [3.8, 4) is 11.5 Å². The lowest BCUT2D eigenvalue weighted by Crippen LogP contribution is -2.55. The highest BCUT2D eigenvalue weighted by Gasteiger charge is 2.42. The molecular formula is C25H30ClN5O3. The number of Topliss-reactive ketones (excluding diaryl/α,β-unsaturated/α-hetero) is 1. The van der Waals surface area contributed by atoms with Crippen molar-refractivity contribution in [2.24, 2.45) is 0 Å². The van der Waals surface area contributed by atoms with Crippen LogP contribution >= 0.6 is 11.6 Å². The minimum Gasteiger partial charge on any atom is -0.506 e. The van der Waals surface area contributed by atoms with E-state index in [-0.39, 0.29) is 23.2 Å². The Morgan fingerprint density at radius 2 is 2.09 bits per heavy atom. The summed E-state index contributed by atoms with van der Waals surface area (Å²) in [6.07, 6.45) is 3.15. The van der Waals surface area contributed by atoms with Crippen LogP contribution in [0.1, 0.15) is 26.7 Å². The van der Waals surface area contributed by atoms with E-state index < -0.39 is 5.54 Å². The predicted molar refractivity (Wildman–Crippen MR) is 134 cm³/mol. The number of anilines is 2. The molecule has 0 aliphatic carbocycles.